The van der Waals surface area contributed by atoms with E-state index in [1.807, 2.05) is 30.0 Å². The van der Waals surface area contributed by atoms with E-state index < -0.39 is 6.04 Å². The van der Waals surface area contributed by atoms with E-state index in [4.69, 9.17) is 5.73 Å². The predicted molar refractivity (Wildman–Crippen MR) is 107 cm³/mol. The molecule has 1 saturated heterocycles. The molecule has 0 saturated carbocycles. The molecule has 0 aliphatic carbocycles. The van der Waals surface area contributed by atoms with Crippen LogP contribution in [0, 0.1) is 5.92 Å². The van der Waals surface area contributed by atoms with Crippen LogP contribution < -0.4 is 11.1 Å². The molecule has 0 unspecified atom stereocenters. The van der Waals surface area contributed by atoms with Gasteiger partial charge in [-0.05, 0) is 42.7 Å². The van der Waals surface area contributed by atoms with Gasteiger partial charge in [-0.1, -0.05) is 51.1 Å². The molecular weight excluding hydrogens is 338 g/mol. The predicted octanol–water partition coefficient (Wildman–Crippen LogP) is 3.23. The van der Waals surface area contributed by atoms with Gasteiger partial charge in [0.1, 0.15) is 0 Å². The van der Waals surface area contributed by atoms with E-state index >= 15 is 0 Å². The number of carbonyl (C=O) groups excluding carboxylic acids is 2. The molecule has 2 heterocycles. The Bertz CT molecular complexity index is 697. The zero-order valence-corrected chi connectivity index (χ0v) is 16.5. The van der Waals surface area contributed by atoms with Crippen molar-refractivity contribution in [1.29, 1.82) is 0 Å². The molecule has 1 aromatic rings. The summed E-state index contributed by atoms with van der Waals surface area (Å²) in [7, 11) is 0. The first-order valence-corrected chi connectivity index (χ1v) is 10.1. The lowest BCUT2D eigenvalue weighted by Crippen LogP contribution is -2.45. The Kier molecular flexibility index (Phi) is 6.00. The van der Waals surface area contributed by atoms with Gasteiger partial charge in [0.25, 0.3) is 0 Å². The second-order valence-corrected chi connectivity index (χ2v) is 8.10. The van der Waals surface area contributed by atoms with Crippen LogP contribution in [0.15, 0.2) is 36.4 Å². The zero-order chi connectivity index (χ0) is 19.6. The van der Waals surface area contributed by atoms with Crippen LogP contribution in [0.5, 0.6) is 0 Å². The number of hydrogen-bond acceptors (Lipinski definition) is 3. The van der Waals surface area contributed by atoms with Gasteiger partial charge in [0, 0.05) is 12.1 Å². The summed E-state index contributed by atoms with van der Waals surface area (Å²) in [5.74, 6) is 0.274. The first kappa shape index (κ1) is 19.6. The minimum absolute atomic E-state index is 0.0292. The molecule has 1 aromatic carbocycles. The standard InChI is InChI=1S/C22H31N3O2/c1-4-18(23)22(27)24-15(13-14(2)3)9-12-21(26)25-19-10-11-20(25)17-8-6-5-7-16(17)19/h5-9,12,14-15,18-20H,4,10-11,13,23H2,1-3H3,(H,24,27)/b12-9+/t15-,18+,19-,20+/m1/s1. The van der Waals surface area contributed by atoms with Crippen LogP contribution in [-0.4, -0.2) is 28.8 Å². The van der Waals surface area contributed by atoms with Crippen LogP contribution in [0.25, 0.3) is 0 Å². The minimum Gasteiger partial charge on any atom is -0.349 e. The number of nitrogens with zero attached hydrogens (tertiary/aromatic N) is 1. The van der Waals surface area contributed by atoms with Gasteiger partial charge in [-0.15, -0.1) is 0 Å². The quantitative estimate of drug-likeness (QED) is 0.725. The van der Waals surface area contributed by atoms with E-state index in [9.17, 15) is 9.59 Å². The van der Waals surface area contributed by atoms with Crippen LogP contribution in [0.2, 0.25) is 0 Å². The Balaban J connectivity index is 1.70. The average molecular weight is 370 g/mol. The van der Waals surface area contributed by atoms with Crippen LogP contribution in [0.3, 0.4) is 0 Å². The number of nitrogens with one attached hydrogen (secondary N) is 1. The van der Waals surface area contributed by atoms with Gasteiger partial charge >= 0.3 is 0 Å². The first-order valence-electron chi connectivity index (χ1n) is 10.1. The molecule has 0 spiro atoms. The monoisotopic (exact) mass is 369 g/mol. The molecule has 146 valence electrons. The fourth-order valence-corrected chi connectivity index (χ4v) is 4.30. The topological polar surface area (TPSA) is 75.4 Å². The van der Waals surface area contributed by atoms with Crippen molar-refractivity contribution in [2.75, 3.05) is 0 Å². The third-order valence-electron chi connectivity index (χ3n) is 5.65. The first-order chi connectivity index (χ1) is 12.9. The molecule has 27 heavy (non-hydrogen) atoms. The lowest BCUT2D eigenvalue weighted by Gasteiger charge is -2.22. The number of fused-ring (bicyclic) bond motifs is 5. The summed E-state index contributed by atoms with van der Waals surface area (Å²) >= 11 is 0. The maximum Gasteiger partial charge on any atom is 0.247 e. The van der Waals surface area contributed by atoms with Gasteiger partial charge in [-0.25, -0.2) is 0 Å². The Morgan fingerprint density at radius 2 is 1.81 bits per heavy atom. The smallest absolute Gasteiger partial charge is 0.247 e. The highest BCUT2D eigenvalue weighted by Crippen LogP contribution is 2.52. The summed E-state index contributed by atoms with van der Waals surface area (Å²) < 4.78 is 0. The number of benzene rings is 1. The minimum atomic E-state index is -0.507. The molecule has 2 aliphatic heterocycles. The second kappa shape index (κ2) is 8.26. The number of amides is 2. The van der Waals surface area contributed by atoms with Crippen LogP contribution in [0.4, 0.5) is 0 Å². The fourth-order valence-electron chi connectivity index (χ4n) is 4.30. The summed E-state index contributed by atoms with van der Waals surface area (Å²) in [5.41, 5.74) is 8.41. The van der Waals surface area contributed by atoms with Gasteiger partial charge < -0.3 is 16.0 Å². The molecule has 3 N–H and O–H groups in total. The van der Waals surface area contributed by atoms with Gasteiger partial charge in [0.2, 0.25) is 11.8 Å². The van der Waals surface area contributed by atoms with E-state index in [-0.39, 0.29) is 29.9 Å². The van der Waals surface area contributed by atoms with Crippen molar-refractivity contribution in [3.05, 3.63) is 47.5 Å². The average Bonchev–Trinajstić information content (AvgIpc) is 3.22. The van der Waals surface area contributed by atoms with Crippen molar-refractivity contribution in [1.82, 2.24) is 10.2 Å². The van der Waals surface area contributed by atoms with Gasteiger partial charge in [0.05, 0.1) is 18.1 Å². The summed E-state index contributed by atoms with van der Waals surface area (Å²) in [6.07, 6.45) is 6.90. The highest BCUT2D eigenvalue weighted by molar-refractivity contribution is 5.89. The fraction of sp³-hybridized carbons (Fsp3) is 0.545. The van der Waals surface area contributed by atoms with Crippen molar-refractivity contribution in [3.63, 3.8) is 0 Å². The van der Waals surface area contributed by atoms with Crippen LogP contribution in [-0.2, 0) is 9.59 Å². The molecular formula is C22H31N3O2. The summed E-state index contributed by atoms with van der Waals surface area (Å²) in [4.78, 5) is 27.1. The van der Waals surface area contributed by atoms with Crippen molar-refractivity contribution in [2.45, 2.75) is 70.6 Å². The zero-order valence-electron chi connectivity index (χ0n) is 16.5. The Morgan fingerprint density at radius 3 is 2.33 bits per heavy atom. The molecule has 1 fully saturated rings. The maximum absolute atomic E-state index is 12.9. The van der Waals surface area contributed by atoms with E-state index in [0.29, 0.717) is 12.3 Å². The lowest BCUT2D eigenvalue weighted by molar-refractivity contribution is -0.128. The van der Waals surface area contributed by atoms with Crippen molar-refractivity contribution in [3.8, 4) is 0 Å². The summed E-state index contributed by atoms with van der Waals surface area (Å²) in [6, 6.07) is 8.06. The normalized spacial score (nSPS) is 22.9. The van der Waals surface area contributed by atoms with Crippen molar-refractivity contribution < 1.29 is 9.59 Å². The Morgan fingerprint density at radius 1 is 1.22 bits per heavy atom. The van der Waals surface area contributed by atoms with Crippen LogP contribution >= 0.6 is 0 Å². The van der Waals surface area contributed by atoms with E-state index in [0.717, 1.165) is 19.3 Å². The van der Waals surface area contributed by atoms with E-state index in [1.165, 1.54) is 11.1 Å². The Labute approximate surface area is 162 Å². The van der Waals surface area contributed by atoms with Crippen molar-refractivity contribution in [2.24, 2.45) is 11.7 Å². The molecule has 0 aromatic heterocycles. The third kappa shape index (κ3) is 4.08. The summed E-state index contributed by atoms with van der Waals surface area (Å²) in [6.45, 7) is 6.10. The van der Waals surface area contributed by atoms with Crippen LogP contribution in [0.1, 0.15) is 69.7 Å². The highest BCUT2D eigenvalue weighted by Gasteiger charge is 2.45. The van der Waals surface area contributed by atoms with Gasteiger partial charge in [0.15, 0.2) is 0 Å². The maximum atomic E-state index is 12.9. The number of rotatable bonds is 7. The number of hydrogen-bond donors (Lipinski definition) is 2. The van der Waals surface area contributed by atoms with Gasteiger partial charge in [-0.2, -0.15) is 0 Å². The second-order valence-electron chi connectivity index (χ2n) is 8.10. The third-order valence-corrected chi connectivity index (χ3v) is 5.65. The molecule has 3 rings (SSSR count). The van der Waals surface area contributed by atoms with Gasteiger partial charge in [-0.3, -0.25) is 9.59 Å². The number of nitrogens with two attached hydrogens (primary N) is 1. The molecule has 4 atom stereocenters. The lowest BCUT2D eigenvalue weighted by atomic mass is 9.92. The highest BCUT2D eigenvalue weighted by atomic mass is 16.2. The molecule has 2 aliphatic rings. The van der Waals surface area contributed by atoms with E-state index in [1.54, 1.807) is 6.08 Å². The molecule has 0 radical (unpaired) electrons. The van der Waals surface area contributed by atoms with Crippen molar-refractivity contribution >= 4 is 11.8 Å². The summed E-state index contributed by atoms with van der Waals surface area (Å²) in [5, 5.41) is 2.98. The van der Waals surface area contributed by atoms with E-state index in [2.05, 4.69) is 31.3 Å². The SMILES string of the molecule is CC[C@H](N)C(=O)N[C@H](/C=C/C(=O)N1[C@@H]2CC[C@H]1c1ccccc12)CC(C)C. The molecule has 5 nitrogen and oxygen atoms in total. The molecule has 2 bridgehead atoms. The largest absolute Gasteiger partial charge is 0.349 e. The Hall–Kier alpha value is -2.14. The molecule has 2 amide bonds. The molecule has 5 heteroatoms. The number of carbonyl (C=O) groups is 2.